The Hall–Kier alpha value is -0.610. The highest BCUT2D eigenvalue weighted by Gasteiger charge is 2.18. The lowest BCUT2D eigenvalue weighted by molar-refractivity contribution is -0.870. The average Bonchev–Trinajstić information content (AvgIpc) is 2.29. The normalized spacial score (nSPS) is 13.7. The van der Waals surface area contributed by atoms with E-state index in [4.69, 9.17) is 5.73 Å². The van der Waals surface area contributed by atoms with Crippen LogP contribution < -0.4 is 5.73 Å². The Labute approximate surface area is 119 Å². The monoisotopic (exact) mass is 272 g/mol. The second-order valence-electron chi connectivity index (χ2n) is 7.06. The minimum atomic E-state index is -0.329. The number of likely N-dealkylation sites (N-methyl/N-ethyl adjacent to an activating group) is 1. The van der Waals surface area contributed by atoms with E-state index in [9.17, 15) is 4.79 Å². The van der Waals surface area contributed by atoms with E-state index in [2.05, 4.69) is 35.0 Å². The van der Waals surface area contributed by atoms with Crippen LogP contribution in [0.1, 0.15) is 39.5 Å². The van der Waals surface area contributed by atoms with Crippen LogP contribution in [0.2, 0.25) is 0 Å². The summed E-state index contributed by atoms with van der Waals surface area (Å²) in [6, 6.07) is -0.329. The number of amides is 1. The van der Waals surface area contributed by atoms with E-state index in [0.29, 0.717) is 5.92 Å². The van der Waals surface area contributed by atoms with Crippen molar-refractivity contribution in [3.63, 3.8) is 0 Å². The summed E-state index contributed by atoms with van der Waals surface area (Å²) in [6.45, 7) is 6.28. The van der Waals surface area contributed by atoms with E-state index < -0.39 is 0 Å². The van der Waals surface area contributed by atoms with Crippen LogP contribution in [0, 0.1) is 5.92 Å². The van der Waals surface area contributed by atoms with Gasteiger partial charge in [-0.05, 0) is 31.6 Å². The molecule has 0 saturated heterocycles. The van der Waals surface area contributed by atoms with E-state index in [1.807, 2.05) is 7.05 Å². The molecule has 0 aliphatic rings. The van der Waals surface area contributed by atoms with Crippen LogP contribution >= 0.6 is 0 Å². The minimum absolute atomic E-state index is 0.0888. The van der Waals surface area contributed by atoms with Crippen LogP contribution in [0.3, 0.4) is 0 Å². The number of hydrogen-bond donors (Lipinski definition) is 1. The van der Waals surface area contributed by atoms with Crippen molar-refractivity contribution < 1.29 is 9.28 Å². The second-order valence-corrected chi connectivity index (χ2v) is 7.06. The third-order valence-corrected chi connectivity index (χ3v) is 3.33. The molecule has 0 aliphatic carbocycles. The number of nitrogens with two attached hydrogens (primary N) is 1. The smallest absolute Gasteiger partial charge is 0.239 e. The number of carbonyl (C=O) groups excluding carboxylic acids is 1. The SMILES string of the molecule is CC(C)CCN(C)C(=O)C(N)CCCC[N+](C)(C)C. The summed E-state index contributed by atoms with van der Waals surface area (Å²) in [6.07, 6.45) is 3.99. The first-order valence-corrected chi connectivity index (χ1v) is 7.44. The quantitative estimate of drug-likeness (QED) is 0.513. The van der Waals surface area contributed by atoms with Gasteiger partial charge in [0.2, 0.25) is 5.91 Å². The molecule has 0 heterocycles. The van der Waals surface area contributed by atoms with Crippen molar-refractivity contribution in [1.82, 2.24) is 4.90 Å². The van der Waals surface area contributed by atoms with Crippen LogP contribution in [0.15, 0.2) is 0 Å². The second kappa shape index (κ2) is 8.54. The number of quaternary nitrogens is 1. The predicted octanol–water partition coefficient (Wildman–Crippen LogP) is 1.69. The molecule has 1 atom stereocenters. The third-order valence-electron chi connectivity index (χ3n) is 3.33. The van der Waals surface area contributed by atoms with Crippen molar-refractivity contribution in [1.29, 1.82) is 0 Å². The zero-order chi connectivity index (χ0) is 15.1. The van der Waals surface area contributed by atoms with Crippen molar-refractivity contribution in [2.45, 2.75) is 45.6 Å². The minimum Gasteiger partial charge on any atom is -0.344 e. The Morgan fingerprint density at radius 2 is 1.74 bits per heavy atom. The van der Waals surface area contributed by atoms with Gasteiger partial charge in [0.1, 0.15) is 0 Å². The molecule has 0 fully saturated rings. The lowest BCUT2D eigenvalue weighted by Crippen LogP contribution is -2.42. The predicted molar refractivity (Wildman–Crippen MR) is 81.8 cm³/mol. The van der Waals surface area contributed by atoms with Crippen molar-refractivity contribution in [2.24, 2.45) is 11.7 Å². The Kier molecular flexibility index (Phi) is 8.26. The summed E-state index contributed by atoms with van der Waals surface area (Å²) >= 11 is 0. The average molecular weight is 272 g/mol. The Bertz CT molecular complexity index is 259. The number of rotatable bonds is 9. The summed E-state index contributed by atoms with van der Waals surface area (Å²) in [5.74, 6) is 0.710. The first-order chi connectivity index (χ1) is 8.63. The standard InChI is InChI=1S/C15H34N3O/c1-13(2)10-11-17(3)15(19)14(16)9-7-8-12-18(4,5)6/h13-14H,7-12,16H2,1-6H3/q+1. The van der Waals surface area contributed by atoms with E-state index in [0.717, 1.165) is 43.3 Å². The van der Waals surface area contributed by atoms with Gasteiger partial charge in [-0.15, -0.1) is 0 Å². The molecule has 0 aliphatic heterocycles. The lowest BCUT2D eigenvalue weighted by atomic mass is 10.1. The molecular formula is C15H34N3O+. The van der Waals surface area contributed by atoms with E-state index in [-0.39, 0.29) is 11.9 Å². The fraction of sp³-hybridized carbons (Fsp3) is 0.933. The van der Waals surface area contributed by atoms with Crippen LogP contribution in [0.5, 0.6) is 0 Å². The highest BCUT2D eigenvalue weighted by Crippen LogP contribution is 2.06. The highest BCUT2D eigenvalue weighted by atomic mass is 16.2. The number of unbranched alkanes of at least 4 members (excludes halogenated alkanes) is 1. The fourth-order valence-electron chi connectivity index (χ4n) is 1.92. The summed E-state index contributed by atoms with van der Waals surface area (Å²) in [4.78, 5) is 13.8. The van der Waals surface area contributed by atoms with Crippen LogP contribution in [-0.4, -0.2) is 62.6 Å². The molecule has 0 radical (unpaired) electrons. The molecular weight excluding hydrogens is 238 g/mol. The van der Waals surface area contributed by atoms with Gasteiger partial charge in [0, 0.05) is 13.6 Å². The molecule has 19 heavy (non-hydrogen) atoms. The van der Waals surface area contributed by atoms with Crippen LogP contribution in [-0.2, 0) is 4.79 Å². The Morgan fingerprint density at radius 1 is 1.16 bits per heavy atom. The van der Waals surface area contributed by atoms with Crippen molar-refractivity contribution in [2.75, 3.05) is 41.3 Å². The fourth-order valence-corrected chi connectivity index (χ4v) is 1.92. The topological polar surface area (TPSA) is 46.3 Å². The molecule has 1 amide bonds. The summed E-state index contributed by atoms with van der Waals surface area (Å²) < 4.78 is 0.970. The summed E-state index contributed by atoms with van der Waals surface area (Å²) in [7, 11) is 8.41. The van der Waals surface area contributed by atoms with E-state index in [1.54, 1.807) is 4.90 Å². The molecule has 114 valence electrons. The molecule has 4 heteroatoms. The lowest BCUT2D eigenvalue weighted by Gasteiger charge is -2.24. The van der Waals surface area contributed by atoms with E-state index in [1.165, 1.54) is 0 Å². The zero-order valence-corrected chi connectivity index (χ0v) is 13.8. The molecule has 0 aromatic rings. The zero-order valence-electron chi connectivity index (χ0n) is 13.8. The highest BCUT2D eigenvalue weighted by molar-refractivity contribution is 5.81. The summed E-state index contributed by atoms with van der Waals surface area (Å²) in [5, 5.41) is 0. The number of carbonyl (C=O) groups is 1. The maximum Gasteiger partial charge on any atom is 0.239 e. The van der Waals surface area contributed by atoms with Crippen LogP contribution in [0.25, 0.3) is 0 Å². The van der Waals surface area contributed by atoms with Crippen molar-refractivity contribution in [3.05, 3.63) is 0 Å². The first kappa shape index (κ1) is 18.4. The van der Waals surface area contributed by atoms with Gasteiger partial charge in [-0.25, -0.2) is 0 Å². The van der Waals surface area contributed by atoms with Gasteiger partial charge >= 0.3 is 0 Å². The van der Waals surface area contributed by atoms with Crippen LogP contribution in [0.4, 0.5) is 0 Å². The molecule has 0 bridgehead atoms. The molecule has 0 spiro atoms. The Morgan fingerprint density at radius 3 is 2.21 bits per heavy atom. The largest absolute Gasteiger partial charge is 0.344 e. The molecule has 0 saturated carbocycles. The third kappa shape index (κ3) is 9.91. The van der Waals surface area contributed by atoms with E-state index >= 15 is 0 Å². The molecule has 2 N–H and O–H groups in total. The molecule has 0 aromatic heterocycles. The van der Waals surface area contributed by atoms with Gasteiger partial charge in [0.05, 0.1) is 33.7 Å². The molecule has 0 rings (SSSR count). The molecule has 4 nitrogen and oxygen atoms in total. The molecule has 1 unspecified atom stereocenters. The van der Waals surface area contributed by atoms with Gasteiger partial charge in [0.15, 0.2) is 0 Å². The van der Waals surface area contributed by atoms with Gasteiger partial charge in [-0.1, -0.05) is 13.8 Å². The maximum absolute atomic E-state index is 12.0. The van der Waals surface area contributed by atoms with Gasteiger partial charge in [0.25, 0.3) is 0 Å². The molecule has 0 aromatic carbocycles. The number of nitrogens with zero attached hydrogens (tertiary/aromatic N) is 2. The van der Waals surface area contributed by atoms with Gasteiger partial charge < -0.3 is 15.1 Å². The van der Waals surface area contributed by atoms with Crippen molar-refractivity contribution in [3.8, 4) is 0 Å². The van der Waals surface area contributed by atoms with Gasteiger partial charge in [-0.2, -0.15) is 0 Å². The maximum atomic E-state index is 12.0. The first-order valence-electron chi connectivity index (χ1n) is 7.44. The van der Waals surface area contributed by atoms with Crippen molar-refractivity contribution >= 4 is 5.91 Å². The Balaban J connectivity index is 3.87. The van der Waals surface area contributed by atoms with Gasteiger partial charge in [-0.3, -0.25) is 4.79 Å². The number of hydrogen-bond acceptors (Lipinski definition) is 2. The summed E-state index contributed by atoms with van der Waals surface area (Å²) in [5.41, 5.74) is 5.98.